The van der Waals surface area contributed by atoms with E-state index in [4.69, 9.17) is 0 Å². The number of hydrogen-bond acceptors (Lipinski definition) is 2. The van der Waals surface area contributed by atoms with Crippen molar-refractivity contribution in [3.8, 4) is 5.69 Å². The fourth-order valence-corrected chi connectivity index (χ4v) is 1.28. The average Bonchev–Trinajstić information content (AvgIpc) is 2.68. The number of hydrogen-bond donors (Lipinski definition) is 0. The Kier molecular flexibility index (Phi) is 3.79. The zero-order valence-corrected chi connectivity index (χ0v) is 8.38. The minimum Gasteiger partial charge on any atom is -0.545 e. The molecule has 0 spiro atoms. The zero-order chi connectivity index (χ0) is 9.97. The first kappa shape index (κ1) is 11.6. The van der Waals surface area contributed by atoms with Crippen molar-refractivity contribution in [2.75, 3.05) is 0 Å². The van der Waals surface area contributed by atoms with Crippen LogP contribution in [0.25, 0.3) is 5.69 Å². The van der Waals surface area contributed by atoms with Gasteiger partial charge in [0.05, 0.1) is 5.97 Å². The second kappa shape index (κ2) is 4.88. The standard InChI is InChI=1S/C11H9NO2.Li/c13-11(14)9-6-7-12(8-9)10-4-2-1-3-5-10;/h1-8H,(H,13,14);/q;+1/p-1. The normalized spacial score (nSPS) is 9.33. The fourth-order valence-electron chi connectivity index (χ4n) is 1.28. The number of carbonyl (C=O) groups is 1. The largest absolute Gasteiger partial charge is 1.00 e. The van der Waals surface area contributed by atoms with Gasteiger partial charge in [0.15, 0.2) is 0 Å². The summed E-state index contributed by atoms with van der Waals surface area (Å²) in [6, 6.07) is 11.0. The molecule has 0 atom stereocenters. The van der Waals surface area contributed by atoms with E-state index in [0.717, 1.165) is 5.69 Å². The monoisotopic (exact) mass is 193 g/mol. The van der Waals surface area contributed by atoms with Gasteiger partial charge in [-0.2, -0.15) is 0 Å². The summed E-state index contributed by atoms with van der Waals surface area (Å²) in [7, 11) is 0. The molecule has 1 aromatic heterocycles. The van der Waals surface area contributed by atoms with Crippen LogP contribution in [-0.4, -0.2) is 10.5 Å². The molecule has 0 fully saturated rings. The molecule has 4 heteroatoms. The SMILES string of the molecule is O=C([O-])c1ccn(-c2ccccc2)c1.[Li+]. The second-order valence-electron chi connectivity index (χ2n) is 2.93. The Hall–Kier alpha value is -1.43. The van der Waals surface area contributed by atoms with E-state index in [2.05, 4.69) is 0 Å². The smallest absolute Gasteiger partial charge is 0.545 e. The van der Waals surface area contributed by atoms with Crippen LogP contribution in [0.1, 0.15) is 10.4 Å². The van der Waals surface area contributed by atoms with Gasteiger partial charge in [-0.25, -0.2) is 0 Å². The Morgan fingerprint density at radius 2 is 1.80 bits per heavy atom. The van der Waals surface area contributed by atoms with E-state index in [1.165, 1.54) is 12.3 Å². The van der Waals surface area contributed by atoms with Gasteiger partial charge in [-0.15, -0.1) is 0 Å². The van der Waals surface area contributed by atoms with Gasteiger partial charge in [0.25, 0.3) is 0 Å². The molecule has 0 N–H and O–H groups in total. The molecule has 3 nitrogen and oxygen atoms in total. The molecule has 2 aromatic rings. The molecule has 70 valence electrons. The number of carboxylic acids is 1. The van der Waals surface area contributed by atoms with Gasteiger partial charge in [-0.3, -0.25) is 0 Å². The molecule has 1 aromatic carbocycles. The first-order valence-electron chi connectivity index (χ1n) is 4.22. The number of aromatic nitrogens is 1. The molecule has 2 rings (SSSR count). The molecule has 0 aliphatic rings. The number of carbonyl (C=O) groups excluding carboxylic acids is 1. The predicted molar refractivity (Wildman–Crippen MR) is 50.1 cm³/mol. The molecule has 0 radical (unpaired) electrons. The summed E-state index contributed by atoms with van der Waals surface area (Å²) in [5.74, 6) is -1.15. The molecule has 0 saturated heterocycles. The van der Waals surface area contributed by atoms with E-state index in [1.807, 2.05) is 30.3 Å². The Morgan fingerprint density at radius 3 is 2.33 bits per heavy atom. The van der Waals surface area contributed by atoms with Crippen molar-refractivity contribution >= 4 is 5.97 Å². The van der Waals surface area contributed by atoms with E-state index in [1.54, 1.807) is 10.8 Å². The summed E-state index contributed by atoms with van der Waals surface area (Å²) < 4.78 is 1.74. The van der Waals surface area contributed by atoms with E-state index < -0.39 is 5.97 Å². The van der Waals surface area contributed by atoms with Gasteiger partial charge in [0, 0.05) is 23.6 Å². The van der Waals surface area contributed by atoms with Crippen LogP contribution >= 0.6 is 0 Å². The maximum Gasteiger partial charge on any atom is 1.00 e. The maximum absolute atomic E-state index is 10.5. The molecule has 15 heavy (non-hydrogen) atoms. The van der Waals surface area contributed by atoms with Gasteiger partial charge < -0.3 is 14.5 Å². The van der Waals surface area contributed by atoms with Crippen LogP contribution in [-0.2, 0) is 0 Å². The van der Waals surface area contributed by atoms with Gasteiger partial charge in [0.1, 0.15) is 0 Å². The number of rotatable bonds is 2. The molecule has 0 unspecified atom stereocenters. The predicted octanol–water partition coefficient (Wildman–Crippen LogP) is -2.16. The molecular weight excluding hydrogens is 185 g/mol. The topological polar surface area (TPSA) is 45.1 Å². The molecular formula is C11H8LiNO2. The van der Waals surface area contributed by atoms with E-state index in [-0.39, 0.29) is 24.4 Å². The van der Waals surface area contributed by atoms with Crippen LogP contribution in [0, 0.1) is 0 Å². The van der Waals surface area contributed by atoms with Crippen LogP contribution < -0.4 is 24.0 Å². The summed E-state index contributed by atoms with van der Waals surface area (Å²) in [6.07, 6.45) is 3.23. The van der Waals surface area contributed by atoms with E-state index >= 15 is 0 Å². The van der Waals surface area contributed by atoms with Crippen LogP contribution in [0.2, 0.25) is 0 Å². The minimum absolute atomic E-state index is 0. The summed E-state index contributed by atoms with van der Waals surface area (Å²) in [4.78, 5) is 10.5. The van der Waals surface area contributed by atoms with E-state index in [9.17, 15) is 9.90 Å². The zero-order valence-electron chi connectivity index (χ0n) is 8.38. The molecule has 0 saturated carbocycles. The van der Waals surface area contributed by atoms with Crippen LogP contribution in [0.4, 0.5) is 0 Å². The Bertz CT molecular complexity index is 451. The molecule has 0 amide bonds. The summed E-state index contributed by atoms with van der Waals surface area (Å²) in [6.45, 7) is 0. The number of aromatic carboxylic acids is 1. The number of para-hydroxylation sites is 1. The number of nitrogens with zero attached hydrogens (tertiary/aromatic N) is 1. The Balaban J connectivity index is 0.00000112. The van der Waals surface area contributed by atoms with Crippen molar-refractivity contribution < 1.29 is 28.8 Å². The van der Waals surface area contributed by atoms with Gasteiger partial charge >= 0.3 is 18.9 Å². The first-order valence-corrected chi connectivity index (χ1v) is 4.22. The maximum atomic E-state index is 10.5. The van der Waals surface area contributed by atoms with Gasteiger partial charge in [-0.05, 0) is 18.2 Å². The number of benzene rings is 1. The first-order chi connectivity index (χ1) is 6.77. The third-order valence-electron chi connectivity index (χ3n) is 1.98. The van der Waals surface area contributed by atoms with Crippen LogP contribution in [0.3, 0.4) is 0 Å². The molecule has 0 aliphatic heterocycles. The Morgan fingerprint density at radius 1 is 1.13 bits per heavy atom. The quantitative estimate of drug-likeness (QED) is 0.510. The summed E-state index contributed by atoms with van der Waals surface area (Å²) >= 11 is 0. The van der Waals surface area contributed by atoms with Crippen molar-refractivity contribution in [3.05, 3.63) is 54.4 Å². The van der Waals surface area contributed by atoms with Crippen LogP contribution in [0.5, 0.6) is 0 Å². The van der Waals surface area contributed by atoms with E-state index in [0.29, 0.717) is 0 Å². The van der Waals surface area contributed by atoms with Crippen molar-refractivity contribution in [2.45, 2.75) is 0 Å². The fraction of sp³-hybridized carbons (Fsp3) is 0. The Labute approximate surface area is 99.5 Å². The number of carboxylic acid groups (broad SMARTS) is 1. The second-order valence-corrected chi connectivity index (χ2v) is 2.93. The van der Waals surface area contributed by atoms with Crippen molar-refractivity contribution in [2.24, 2.45) is 0 Å². The van der Waals surface area contributed by atoms with Crippen molar-refractivity contribution in [3.63, 3.8) is 0 Å². The third kappa shape index (κ3) is 2.53. The van der Waals surface area contributed by atoms with Gasteiger partial charge in [0.2, 0.25) is 0 Å². The van der Waals surface area contributed by atoms with Crippen molar-refractivity contribution in [1.82, 2.24) is 4.57 Å². The molecule has 0 aliphatic carbocycles. The van der Waals surface area contributed by atoms with Crippen LogP contribution in [0.15, 0.2) is 48.8 Å². The summed E-state index contributed by atoms with van der Waals surface area (Å²) in [5, 5.41) is 10.5. The average molecular weight is 193 g/mol. The summed E-state index contributed by atoms with van der Waals surface area (Å²) in [5.41, 5.74) is 1.12. The minimum atomic E-state index is -1.15. The van der Waals surface area contributed by atoms with Gasteiger partial charge in [-0.1, -0.05) is 18.2 Å². The molecule has 1 heterocycles. The third-order valence-corrected chi connectivity index (χ3v) is 1.98. The molecule has 0 bridgehead atoms. The van der Waals surface area contributed by atoms with Crippen molar-refractivity contribution in [1.29, 1.82) is 0 Å².